The van der Waals surface area contributed by atoms with Crippen LogP contribution >= 0.6 is 24.0 Å². The molecule has 0 bridgehead atoms. The first-order chi connectivity index (χ1) is 14.9. The lowest BCUT2D eigenvalue weighted by molar-refractivity contribution is 0.0729. The number of morpholine rings is 1. The Morgan fingerprint density at radius 2 is 1.84 bits per heavy atom. The van der Waals surface area contributed by atoms with E-state index in [1.807, 2.05) is 57.5 Å². The molecule has 1 fully saturated rings. The summed E-state index contributed by atoms with van der Waals surface area (Å²) in [6, 6.07) is 11.8. The third-order valence-electron chi connectivity index (χ3n) is 5.37. The first-order valence-electron chi connectivity index (χ1n) is 10.6. The fraction of sp³-hybridized carbons (Fsp3) is 0.500. The maximum Gasteiger partial charge on any atom is 0.218 e. The van der Waals surface area contributed by atoms with Gasteiger partial charge in [0.05, 0.1) is 32.1 Å². The summed E-state index contributed by atoms with van der Waals surface area (Å²) in [5.41, 5.74) is 2.89. The zero-order valence-electron chi connectivity index (χ0n) is 19.0. The zero-order chi connectivity index (χ0) is 22.3. The van der Waals surface area contributed by atoms with Gasteiger partial charge in [0.15, 0.2) is 5.96 Å². The van der Waals surface area contributed by atoms with E-state index < -0.39 is 10.0 Å². The van der Waals surface area contributed by atoms with Gasteiger partial charge in [-0.05, 0) is 30.2 Å². The molecule has 0 amide bonds. The SMILES string of the molecule is CCNC(=NCc1ccccc1CS(=O)(=O)N1CCOCC1)N(C)Cc1cccn1C.I. The fourth-order valence-electron chi connectivity index (χ4n) is 3.57. The summed E-state index contributed by atoms with van der Waals surface area (Å²) >= 11 is 0. The van der Waals surface area contributed by atoms with Gasteiger partial charge in [-0.3, -0.25) is 0 Å². The van der Waals surface area contributed by atoms with Crippen LogP contribution in [0.4, 0.5) is 0 Å². The first kappa shape index (κ1) is 26.6. The van der Waals surface area contributed by atoms with Gasteiger partial charge >= 0.3 is 0 Å². The Morgan fingerprint density at radius 1 is 1.16 bits per heavy atom. The minimum absolute atomic E-state index is 0. The molecule has 2 aromatic rings. The topological polar surface area (TPSA) is 79.2 Å². The highest BCUT2D eigenvalue weighted by Gasteiger charge is 2.25. The molecular formula is C22H34IN5O3S. The van der Waals surface area contributed by atoms with E-state index in [0.717, 1.165) is 30.2 Å². The molecule has 1 aliphatic rings. The van der Waals surface area contributed by atoms with Gasteiger partial charge in [-0.1, -0.05) is 24.3 Å². The molecule has 0 aliphatic carbocycles. The average Bonchev–Trinajstić information content (AvgIpc) is 3.16. The van der Waals surface area contributed by atoms with Crippen molar-refractivity contribution in [3.8, 4) is 0 Å². The lowest BCUT2D eigenvalue weighted by Gasteiger charge is -2.26. The molecule has 0 radical (unpaired) electrons. The van der Waals surface area contributed by atoms with Gasteiger partial charge in [-0.2, -0.15) is 4.31 Å². The number of aromatic nitrogens is 1. The van der Waals surface area contributed by atoms with Crippen molar-refractivity contribution in [1.29, 1.82) is 0 Å². The van der Waals surface area contributed by atoms with Crippen LogP contribution in [0.1, 0.15) is 23.7 Å². The molecule has 178 valence electrons. The molecule has 32 heavy (non-hydrogen) atoms. The number of sulfonamides is 1. The maximum absolute atomic E-state index is 12.9. The van der Waals surface area contributed by atoms with Crippen LogP contribution in [0.2, 0.25) is 0 Å². The highest BCUT2D eigenvalue weighted by atomic mass is 127. The maximum atomic E-state index is 12.9. The second kappa shape index (κ2) is 12.6. The van der Waals surface area contributed by atoms with Crippen LogP contribution in [0.5, 0.6) is 0 Å². The largest absolute Gasteiger partial charge is 0.379 e. The molecule has 1 saturated heterocycles. The van der Waals surface area contributed by atoms with E-state index in [4.69, 9.17) is 9.73 Å². The average molecular weight is 576 g/mol. The van der Waals surface area contributed by atoms with E-state index in [9.17, 15) is 8.42 Å². The predicted octanol–water partition coefficient (Wildman–Crippen LogP) is 2.40. The van der Waals surface area contributed by atoms with Gasteiger partial charge in [0.1, 0.15) is 0 Å². The molecule has 1 N–H and O–H groups in total. The Balaban J connectivity index is 0.00000363. The van der Waals surface area contributed by atoms with Crippen molar-refractivity contribution in [2.24, 2.45) is 12.0 Å². The van der Waals surface area contributed by atoms with Crippen LogP contribution in [-0.2, 0) is 40.7 Å². The Kier molecular flexibility index (Phi) is 10.5. The van der Waals surface area contributed by atoms with E-state index >= 15 is 0 Å². The Bertz CT molecular complexity index is 987. The number of benzene rings is 1. The molecule has 1 aromatic carbocycles. The lowest BCUT2D eigenvalue weighted by atomic mass is 10.1. The Hall–Kier alpha value is -1.63. The molecule has 3 rings (SSSR count). The molecule has 0 unspecified atom stereocenters. The van der Waals surface area contributed by atoms with Crippen molar-refractivity contribution < 1.29 is 13.2 Å². The van der Waals surface area contributed by atoms with Crippen molar-refractivity contribution >= 4 is 40.0 Å². The number of rotatable bonds is 8. The lowest BCUT2D eigenvalue weighted by Crippen LogP contribution is -2.41. The molecule has 0 atom stereocenters. The molecule has 1 aromatic heterocycles. The smallest absolute Gasteiger partial charge is 0.218 e. The normalized spacial score (nSPS) is 15.3. The van der Waals surface area contributed by atoms with Crippen molar-refractivity contribution in [2.75, 3.05) is 39.9 Å². The number of hydrogen-bond acceptors (Lipinski definition) is 4. The fourth-order valence-corrected chi connectivity index (χ4v) is 5.14. The minimum atomic E-state index is -3.39. The van der Waals surface area contributed by atoms with Crippen molar-refractivity contribution in [3.05, 3.63) is 59.4 Å². The molecule has 8 nitrogen and oxygen atoms in total. The number of hydrogen-bond donors (Lipinski definition) is 1. The van der Waals surface area contributed by atoms with E-state index in [0.29, 0.717) is 32.8 Å². The summed E-state index contributed by atoms with van der Waals surface area (Å²) in [4.78, 5) is 6.87. The number of nitrogens with one attached hydrogen (secondary N) is 1. The standard InChI is InChI=1S/C22H33N5O3S.HI/c1-4-23-22(26(3)17-21-10-7-11-25(21)2)24-16-19-8-5-6-9-20(19)18-31(28,29)27-12-14-30-15-13-27;/h5-11H,4,12-18H2,1-3H3,(H,23,24);1H. The number of nitrogens with zero attached hydrogens (tertiary/aromatic N) is 4. The summed E-state index contributed by atoms with van der Waals surface area (Å²) in [5, 5.41) is 3.33. The molecule has 10 heteroatoms. The van der Waals surface area contributed by atoms with Crippen LogP contribution in [0, 0.1) is 0 Å². The second-order valence-electron chi connectivity index (χ2n) is 7.67. The van der Waals surface area contributed by atoms with Crippen molar-refractivity contribution in [2.45, 2.75) is 25.8 Å². The Morgan fingerprint density at radius 3 is 2.47 bits per heavy atom. The Labute approximate surface area is 208 Å². The second-order valence-corrected chi connectivity index (χ2v) is 9.64. The summed E-state index contributed by atoms with van der Waals surface area (Å²) in [6.07, 6.45) is 2.03. The van der Waals surface area contributed by atoms with E-state index in [2.05, 4.69) is 20.9 Å². The van der Waals surface area contributed by atoms with Crippen LogP contribution < -0.4 is 5.32 Å². The number of aryl methyl sites for hydroxylation is 1. The highest BCUT2D eigenvalue weighted by molar-refractivity contribution is 14.0. The van der Waals surface area contributed by atoms with Crippen LogP contribution in [0.3, 0.4) is 0 Å². The number of aliphatic imine (C=N–C) groups is 1. The quantitative estimate of drug-likeness (QED) is 0.297. The summed E-state index contributed by atoms with van der Waals surface area (Å²) in [5.74, 6) is 0.767. The summed E-state index contributed by atoms with van der Waals surface area (Å²) in [7, 11) is 0.642. The molecule has 0 spiro atoms. The predicted molar refractivity (Wildman–Crippen MR) is 139 cm³/mol. The van der Waals surface area contributed by atoms with Gasteiger partial charge in [-0.15, -0.1) is 24.0 Å². The van der Waals surface area contributed by atoms with Gasteiger partial charge in [0.25, 0.3) is 0 Å². The van der Waals surface area contributed by atoms with Crippen molar-refractivity contribution in [3.63, 3.8) is 0 Å². The monoisotopic (exact) mass is 575 g/mol. The first-order valence-corrected chi connectivity index (χ1v) is 12.2. The third-order valence-corrected chi connectivity index (χ3v) is 7.19. The number of ether oxygens (including phenoxy) is 1. The van der Waals surface area contributed by atoms with E-state index in [1.54, 1.807) is 0 Å². The van der Waals surface area contributed by atoms with Gasteiger partial charge in [-0.25, -0.2) is 13.4 Å². The number of guanidine groups is 1. The third kappa shape index (κ3) is 7.19. The van der Waals surface area contributed by atoms with Gasteiger partial charge in [0, 0.05) is 45.6 Å². The highest BCUT2D eigenvalue weighted by Crippen LogP contribution is 2.17. The molecule has 2 heterocycles. The minimum Gasteiger partial charge on any atom is -0.379 e. The number of halogens is 1. The zero-order valence-corrected chi connectivity index (χ0v) is 22.2. The summed E-state index contributed by atoms with van der Waals surface area (Å²) < 4.78 is 34.7. The van der Waals surface area contributed by atoms with Crippen LogP contribution in [0.15, 0.2) is 47.6 Å². The molecule has 1 aliphatic heterocycles. The van der Waals surface area contributed by atoms with Crippen molar-refractivity contribution in [1.82, 2.24) is 19.1 Å². The van der Waals surface area contributed by atoms with Crippen LogP contribution in [-0.4, -0.2) is 68.0 Å². The molecule has 0 saturated carbocycles. The molecular weight excluding hydrogens is 541 g/mol. The summed E-state index contributed by atoms with van der Waals surface area (Å²) in [6.45, 7) is 5.65. The van der Waals surface area contributed by atoms with Gasteiger partial charge < -0.3 is 19.5 Å². The van der Waals surface area contributed by atoms with E-state index in [-0.39, 0.29) is 29.7 Å². The van der Waals surface area contributed by atoms with Crippen LogP contribution in [0.25, 0.3) is 0 Å². The van der Waals surface area contributed by atoms with E-state index in [1.165, 1.54) is 10.00 Å². The van der Waals surface area contributed by atoms with Gasteiger partial charge in [0.2, 0.25) is 10.0 Å².